The molecule has 412 valence electrons. The molecule has 4 N–H and O–H groups in total. The molecule has 0 bridgehead atoms. The van der Waals surface area contributed by atoms with Gasteiger partial charge in [0.1, 0.15) is 29.8 Å². The Bertz CT molecular complexity index is 2720. The maximum Gasteiger partial charge on any atom is 0.407 e. The molecule has 5 amide bonds. The van der Waals surface area contributed by atoms with Gasteiger partial charge in [0.05, 0.1) is 70.3 Å². The van der Waals surface area contributed by atoms with Gasteiger partial charge in [-0.05, 0) is 106 Å². The van der Waals surface area contributed by atoms with Gasteiger partial charge in [0.15, 0.2) is 11.6 Å². The molecule has 76 heavy (non-hydrogen) atoms. The van der Waals surface area contributed by atoms with Crippen LogP contribution in [-0.4, -0.2) is 157 Å². The number of likely N-dealkylation sites (tertiary alicyclic amines) is 2. The van der Waals surface area contributed by atoms with E-state index < -0.39 is 80.2 Å². The minimum absolute atomic E-state index is 0.00892. The van der Waals surface area contributed by atoms with Crippen molar-refractivity contribution in [3.8, 4) is 0 Å². The lowest BCUT2D eigenvalue weighted by molar-refractivity contribution is -0.138. The average molecular weight is 1070 g/mol. The Morgan fingerprint density at radius 2 is 1.33 bits per heavy atom. The topological polar surface area (TPSA) is 209 Å². The summed E-state index contributed by atoms with van der Waals surface area (Å²) in [6.07, 6.45) is -0.603. The Balaban J connectivity index is 1.08. The largest absolute Gasteiger partial charge is 0.453 e. The minimum Gasteiger partial charge on any atom is -0.453 e. The summed E-state index contributed by atoms with van der Waals surface area (Å²) in [4.78, 5) is 82.2. The van der Waals surface area contributed by atoms with Gasteiger partial charge < -0.3 is 64.2 Å². The number of nitrogens with zero attached hydrogens (tertiary/aromatic N) is 5. The second-order valence-corrected chi connectivity index (χ2v) is 26.6. The molecule has 19 nitrogen and oxygen atoms in total. The highest BCUT2D eigenvalue weighted by molar-refractivity contribution is 6.77. The number of anilines is 2. The number of carbonyl (C=O) groups excluding carboxylic acids is 5. The van der Waals surface area contributed by atoms with E-state index in [-0.39, 0.29) is 36.1 Å². The molecule has 0 saturated carbocycles. The molecule has 0 unspecified atom stereocenters. The van der Waals surface area contributed by atoms with Gasteiger partial charge in [0, 0.05) is 64.7 Å². The standard InChI is InChI=1S/C54H73F2N9O10Si/c1-31(72-4)46(60-53(69)74-6)51(67)63-20-10-11-44(63)49-57-40-17-16-36(26-41(40)58-49)43-19-18-42(65(43)37-27-38(55)48(39(56)28-37)62-21-23-76(8,9)24-22-62)34-12-14-35(15-13-34)50(66)59-45-25-33(30-71-3)29-64(45)52(68)47(32(2)73-5)61-54(70)75-7/h12-17,26-28,31-33,42-47H,10-11,18-25,29-30H2,1-9H3,(H,57,58)(H,59,66)(H,60,69)(H,61,70)/t31-,32-,33+,42-,43-,44+,45+,46+,47+/m1/s1. The summed E-state index contributed by atoms with van der Waals surface area (Å²) < 4.78 is 59.1. The quantitative estimate of drug-likeness (QED) is 0.0774. The number of H-pyrrole nitrogens is 1. The Labute approximate surface area is 443 Å². The summed E-state index contributed by atoms with van der Waals surface area (Å²) in [5.74, 6) is -1.95. The van der Waals surface area contributed by atoms with Crippen LogP contribution < -0.4 is 25.8 Å². The number of nitrogens with one attached hydrogen (secondary N) is 4. The van der Waals surface area contributed by atoms with E-state index in [0.717, 1.165) is 35.2 Å². The van der Waals surface area contributed by atoms with E-state index in [0.29, 0.717) is 74.5 Å². The molecule has 0 radical (unpaired) electrons. The summed E-state index contributed by atoms with van der Waals surface area (Å²) in [5.41, 5.74) is 3.82. The molecule has 1 aromatic heterocycles. The van der Waals surface area contributed by atoms with Gasteiger partial charge in [-0.1, -0.05) is 31.3 Å². The number of amides is 5. The molecule has 8 rings (SSSR count). The molecule has 4 saturated heterocycles. The highest BCUT2D eigenvalue weighted by Gasteiger charge is 2.43. The molecule has 4 aliphatic rings. The number of aromatic nitrogens is 2. The van der Waals surface area contributed by atoms with Crippen LogP contribution in [0.25, 0.3) is 11.0 Å². The summed E-state index contributed by atoms with van der Waals surface area (Å²) >= 11 is 0. The molecule has 4 fully saturated rings. The Morgan fingerprint density at radius 3 is 1.91 bits per heavy atom. The summed E-state index contributed by atoms with van der Waals surface area (Å²) in [6, 6.07) is 14.6. The number of halogens is 2. The average Bonchev–Trinajstić information content (AvgIpc) is 4.25. The molecule has 5 heterocycles. The molecule has 0 spiro atoms. The van der Waals surface area contributed by atoms with Gasteiger partial charge >= 0.3 is 12.2 Å². The third-order valence-electron chi connectivity index (χ3n) is 15.9. The van der Waals surface area contributed by atoms with Crippen molar-refractivity contribution in [1.29, 1.82) is 0 Å². The SMILES string of the molecule is COC[C@H]1C[C@@H](NC(=O)c2ccc([C@H]3CC[C@H](c4ccc5nc([C@@H]6CCCN6C(=O)[C@@H](NC(=O)OC)[C@@H](C)OC)[nH]c5c4)N3c3cc(F)c(N4CC[Si](C)(C)CC4)c(F)c3)cc2)N(C(=O)[C@@H](NC(=O)OC)[C@@H](C)OC)C1. The number of fused-ring (bicyclic) bond motifs is 1. The highest BCUT2D eigenvalue weighted by Crippen LogP contribution is 2.49. The maximum absolute atomic E-state index is 16.6. The molecular formula is C54H73F2N9O10Si. The first-order valence-electron chi connectivity index (χ1n) is 26.2. The maximum atomic E-state index is 16.6. The van der Waals surface area contributed by atoms with Crippen molar-refractivity contribution in [2.24, 2.45) is 5.92 Å². The van der Waals surface area contributed by atoms with Crippen LogP contribution in [-0.2, 0) is 33.3 Å². The predicted octanol–water partition coefficient (Wildman–Crippen LogP) is 7.19. The zero-order valence-corrected chi connectivity index (χ0v) is 46.0. The fraction of sp³-hybridized carbons (Fsp3) is 0.556. The predicted molar refractivity (Wildman–Crippen MR) is 284 cm³/mol. The number of hydrogen-bond acceptors (Lipinski definition) is 13. The first-order chi connectivity index (χ1) is 36.4. The monoisotopic (exact) mass is 1070 g/mol. The van der Waals surface area contributed by atoms with E-state index >= 15 is 8.78 Å². The number of rotatable bonds is 17. The molecule has 3 aromatic carbocycles. The van der Waals surface area contributed by atoms with Gasteiger partial charge in [0.2, 0.25) is 11.8 Å². The van der Waals surface area contributed by atoms with E-state index in [1.54, 1.807) is 38.0 Å². The summed E-state index contributed by atoms with van der Waals surface area (Å²) in [6.45, 7) is 10.2. The van der Waals surface area contributed by atoms with Crippen molar-refractivity contribution in [3.05, 3.63) is 88.7 Å². The fourth-order valence-electron chi connectivity index (χ4n) is 11.4. The number of carbonyl (C=O) groups is 5. The van der Waals surface area contributed by atoms with Gasteiger partial charge in [-0.3, -0.25) is 14.4 Å². The van der Waals surface area contributed by atoms with Crippen molar-refractivity contribution < 1.29 is 56.4 Å². The number of imidazole rings is 1. The van der Waals surface area contributed by atoms with Crippen LogP contribution in [0.2, 0.25) is 25.2 Å². The van der Waals surface area contributed by atoms with Crippen LogP contribution in [0.15, 0.2) is 54.6 Å². The van der Waals surface area contributed by atoms with E-state index in [1.165, 1.54) is 45.5 Å². The molecule has 22 heteroatoms. The third-order valence-corrected chi connectivity index (χ3v) is 19.1. The first-order valence-corrected chi connectivity index (χ1v) is 29.6. The zero-order valence-electron chi connectivity index (χ0n) is 45.0. The lowest BCUT2D eigenvalue weighted by atomic mass is 10.0. The van der Waals surface area contributed by atoms with Crippen LogP contribution >= 0.6 is 0 Å². The summed E-state index contributed by atoms with van der Waals surface area (Å²) in [7, 11) is 5.48. The molecule has 4 aromatic rings. The summed E-state index contributed by atoms with van der Waals surface area (Å²) in [5, 5.41) is 8.23. The molecule has 0 aliphatic carbocycles. The van der Waals surface area contributed by atoms with Crippen molar-refractivity contribution in [2.75, 3.05) is 78.1 Å². The number of ether oxygens (including phenoxy) is 5. The second-order valence-electron chi connectivity index (χ2n) is 21.3. The smallest absolute Gasteiger partial charge is 0.407 e. The Morgan fingerprint density at radius 1 is 0.750 bits per heavy atom. The van der Waals surface area contributed by atoms with Crippen LogP contribution in [0.4, 0.5) is 29.7 Å². The van der Waals surface area contributed by atoms with E-state index in [9.17, 15) is 24.0 Å². The van der Waals surface area contributed by atoms with Crippen molar-refractivity contribution >= 4 is 60.4 Å². The van der Waals surface area contributed by atoms with E-state index in [1.807, 2.05) is 35.2 Å². The number of alkyl carbamates (subject to hydrolysis) is 2. The van der Waals surface area contributed by atoms with E-state index in [2.05, 4.69) is 38.9 Å². The number of hydrogen-bond donors (Lipinski definition) is 4. The van der Waals surface area contributed by atoms with Gasteiger partial charge in [-0.2, -0.15) is 0 Å². The molecule has 9 atom stereocenters. The number of aromatic amines is 1. The minimum atomic E-state index is -1.43. The van der Waals surface area contributed by atoms with Gasteiger partial charge in [-0.25, -0.2) is 23.4 Å². The number of benzene rings is 3. The highest BCUT2D eigenvalue weighted by atomic mass is 28.3. The third kappa shape index (κ3) is 11.9. The molecular weight excluding hydrogens is 1000 g/mol. The molecule has 4 aliphatic heterocycles. The zero-order chi connectivity index (χ0) is 54.6. The van der Waals surface area contributed by atoms with Crippen molar-refractivity contribution in [3.63, 3.8) is 0 Å². The van der Waals surface area contributed by atoms with Crippen molar-refractivity contribution in [1.82, 2.24) is 35.7 Å². The van der Waals surface area contributed by atoms with Gasteiger partial charge in [0.25, 0.3) is 5.91 Å². The first kappa shape index (κ1) is 55.9. The van der Waals surface area contributed by atoms with E-state index in [4.69, 9.17) is 28.7 Å². The van der Waals surface area contributed by atoms with Crippen LogP contribution in [0, 0.1) is 17.6 Å². The van der Waals surface area contributed by atoms with Crippen LogP contribution in [0.1, 0.15) is 91.4 Å². The Hall–Kier alpha value is -6.36. The number of methoxy groups -OCH3 is 5. The fourth-order valence-corrected chi connectivity index (χ4v) is 13.4. The van der Waals surface area contributed by atoms with Crippen molar-refractivity contribution in [2.45, 2.75) is 120 Å². The van der Waals surface area contributed by atoms with Crippen LogP contribution in [0.3, 0.4) is 0 Å². The normalized spacial score (nSPS) is 23.0. The lowest BCUT2D eigenvalue weighted by Crippen LogP contribution is -2.57. The Kier molecular flexibility index (Phi) is 17.6. The lowest BCUT2D eigenvalue weighted by Gasteiger charge is -2.38. The van der Waals surface area contributed by atoms with Gasteiger partial charge in [-0.15, -0.1) is 0 Å². The van der Waals surface area contributed by atoms with Crippen LogP contribution in [0.5, 0.6) is 0 Å². The second kappa shape index (κ2) is 23.9.